The van der Waals surface area contributed by atoms with Crippen molar-refractivity contribution in [3.05, 3.63) is 95.8 Å². The number of anilines is 1. The minimum Gasteiger partial charge on any atom is -0.310 e. The Hall–Kier alpha value is -3.18. The van der Waals surface area contributed by atoms with Gasteiger partial charge >= 0.3 is 6.03 Å². The van der Waals surface area contributed by atoms with Crippen LogP contribution in [-0.4, -0.2) is 39.9 Å². The number of pyridine rings is 1. The third-order valence-electron chi connectivity index (χ3n) is 6.23. The van der Waals surface area contributed by atoms with Crippen molar-refractivity contribution in [1.29, 1.82) is 0 Å². The lowest BCUT2D eigenvalue weighted by molar-refractivity contribution is 0.106. The molecule has 0 aliphatic carbocycles. The quantitative estimate of drug-likeness (QED) is 0.694. The summed E-state index contributed by atoms with van der Waals surface area (Å²) in [5.41, 5.74) is 4.54. The van der Waals surface area contributed by atoms with Crippen molar-refractivity contribution >= 4 is 11.7 Å². The van der Waals surface area contributed by atoms with Crippen LogP contribution in [0.1, 0.15) is 35.6 Å². The highest BCUT2D eigenvalue weighted by molar-refractivity contribution is 5.93. The van der Waals surface area contributed by atoms with Crippen LogP contribution in [0.5, 0.6) is 0 Å². The predicted molar refractivity (Wildman–Crippen MR) is 118 cm³/mol. The van der Waals surface area contributed by atoms with Crippen LogP contribution in [0, 0.1) is 0 Å². The number of rotatable bonds is 4. The fraction of sp³-hybridized carbons (Fsp3) is 0.280. The maximum absolute atomic E-state index is 13.2. The molecule has 1 fully saturated rings. The number of amides is 2. The molecule has 2 aromatic carbocycles. The first-order valence-electron chi connectivity index (χ1n) is 10.6. The molecule has 5 nitrogen and oxygen atoms in total. The molecule has 1 atom stereocenters. The van der Waals surface area contributed by atoms with Crippen molar-refractivity contribution < 1.29 is 4.79 Å². The maximum Gasteiger partial charge on any atom is 0.322 e. The van der Waals surface area contributed by atoms with Gasteiger partial charge in [-0.05, 0) is 42.2 Å². The first-order chi connectivity index (χ1) is 14.8. The highest BCUT2D eigenvalue weighted by atomic mass is 16.2. The minimum absolute atomic E-state index is 0.00939. The molecular weight excluding hydrogens is 372 g/mol. The topological polar surface area (TPSA) is 48.5 Å². The number of aromatic nitrogens is 1. The molecule has 2 amide bonds. The third kappa shape index (κ3) is 3.68. The molecule has 1 N–H and O–H groups in total. The van der Waals surface area contributed by atoms with E-state index in [9.17, 15) is 4.79 Å². The number of benzene rings is 2. The number of nitrogens with one attached hydrogen (secondary N) is 1. The van der Waals surface area contributed by atoms with Gasteiger partial charge in [-0.15, -0.1) is 0 Å². The van der Waals surface area contributed by atoms with Gasteiger partial charge in [-0.25, -0.2) is 4.79 Å². The average Bonchev–Trinajstić information content (AvgIpc) is 2.80. The zero-order chi connectivity index (χ0) is 20.3. The fourth-order valence-corrected chi connectivity index (χ4v) is 4.75. The number of hydrogen-bond acceptors (Lipinski definition) is 3. The first-order valence-corrected chi connectivity index (χ1v) is 10.6. The summed E-state index contributed by atoms with van der Waals surface area (Å²) < 4.78 is 0. The molecular formula is C25H26N4O. The smallest absolute Gasteiger partial charge is 0.310 e. The second-order valence-electron chi connectivity index (χ2n) is 8.10. The lowest BCUT2D eigenvalue weighted by Gasteiger charge is -2.45. The molecule has 2 aliphatic heterocycles. The van der Waals surface area contributed by atoms with E-state index in [1.165, 1.54) is 16.7 Å². The van der Waals surface area contributed by atoms with Gasteiger partial charge in [0.25, 0.3) is 0 Å². The van der Waals surface area contributed by atoms with Crippen molar-refractivity contribution in [3.8, 4) is 0 Å². The van der Waals surface area contributed by atoms with Gasteiger partial charge in [-0.3, -0.25) is 9.88 Å². The summed E-state index contributed by atoms with van der Waals surface area (Å²) >= 11 is 0. The third-order valence-corrected chi connectivity index (χ3v) is 6.23. The number of urea groups is 1. The SMILES string of the molecule is O=C1Nc2ccccc2C(c2ccccc2)N1C1CCN(Cc2ccncc2)CC1. The van der Waals surface area contributed by atoms with Gasteiger partial charge in [0.05, 0.1) is 6.04 Å². The molecule has 1 aromatic heterocycles. The van der Waals surface area contributed by atoms with E-state index in [4.69, 9.17) is 0 Å². The van der Waals surface area contributed by atoms with Crippen LogP contribution in [-0.2, 0) is 6.54 Å². The first kappa shape index (κ1) is 18.8. The van der Waals surface area contributed by atoms with Gasteiger partial charge in [-0.2, -0.15) is 0 Å². The van der Waals surface area contributed by atoms with Crippen molar-refractivity contribution in [2.45, 2.75) is 31.5 Å². The van der Waals surface area contributed by atoms with Crippen LogP contribution >= 0.6 is 0 Å². The Bertz CT molecular complexity index is 1000. The van der Waals surface area contributed by atoms with E-state index >= 15 is 0 Å². The van der Waals surface area contributed by atoms with Gasteiger partial charge in [0, 0.05) is 49.3 Å². The summed E-state index contributed by atoms with van der Waals surface area (Å²) in [7, 11) is 0. The molecule has 3 heterocycles. The largest absolute Gasteiger partial charge is 0.322 e. The molecule has 0 saturated carbocycles. The highest BCUT2D eigenvalue weighted by Crippen LogP contribution is 2.40. The molecule has 1 saturated heterocycles. The molecule has 5 rings (SSSR count). The lowest BCUT2D eigenvalue weighted by atomic mass is 9.90. The van der Waals surface area contributed by atoms with E-state index in [0.717, 1.165) is 38.2 Å². The molecule has 5 heteroatoms. The Morgan fingerprint density at radius 1 is 0.900 bits per heavy atom. The normalized spacial score (nSPS) is 19.9. The summed E-state index contributed by atoms with van der Waals surface area (Å²) in [6.45, 7) is 2.91. The van der Waals surface area contributed by atoms with Crippen molar-refractivity contribution in [2.75, 3.05) is 18.4 Å². The summed E-state index contributed by atoms with van der Waals surface area (Å²) in [4.78, 5) is 21.9. The number of likely N-dealkylation sites (tertiary alicyclic amines) is 1. The molecule has 2 aliphatic rings. The van der Waals surface area contributed by atoms with Gasteiger partial charge in [0.1, 0.15) is 0 Å². The highest BCUT2D eigenvalue weighted by Gasteiger charge is 2.38. The fourth-order valence-electron chi connectivity index (χ4n) is 4.75. The van der Waals surface area contributed by atoms with Crippen LogP contribution in [0.4, 0.5) is 10.5 Å². The standard InChI is InChI=1S/C25H26N4O/c30-25-27-23-9-5-4-8-22(23)24(20-6-2-1-3-7-20)29(25)21-12-16-28(17-13-21)18-19-10-14-26-15-11-19/h1-11,14-15,21,24H,12-13,16-18H2,(H,27,30). The van der Waals surface area contributed by atoms with Gasteiger partial charge in [-0.1, -0.05) is 48.5 Å². The van der Waals surface area contributed by atoms with Crippen LogP contribution in [0.2, 0.25) is 0 Å². The van der Waals surface area contributed by atoms with Crippen molar-refractivity contribution in [3.63, 3.8) is 0 Å². The number of fused-ring (bicyclic) bond motifs is 1. The van der Waals surface area contributed by atoms with E-state index < -0.39 is 0 Å². The van der Waals surface area contributed by atoms with E-state index in [-0.39, 0.29) is 18.1 Å². The summed E-state index contributed by atoms with van der Waals surface area (Å²) in [5.74, 6) is 0. The average molecular weight is 399 g/mol. The molecule has 1 unspecified atom stereocenters. The van der Waals surface area contributed by atoms with Crippen LogP contribution in [0.3, 0.4) is 0 Å². The number of piperidine rings is 1. The van der Waals surface area contributed by atoms with Gasteiger partial charge in [0.2, 0.25) is 0 Å². The number of carbonyl (C=O) groups excluding carboxylic acids is 1. The Morgan fingerprint density at radius 3 is 2.37 bits per heavy atom. The molecule has 3 aromatic rings. The van der Waals surface area contributed by atoms with Crippen LogP contribution in [0.25, 0.3) is 0 Å². The zero-order valence-electron chi connectivity index (χ0n) is 16.9. The molecule has 30 heavy (non-hydrogen) atoms. The Kier molecular flexibility index (Phi) is 5.20. The number of carbonyl (C=O) groups is 1. The molecule has 0 spiro atoms. The second-order valence-corrected chi connectivity index (χ2v) is 8.10. The summed E-state index contributed by atoms with van der Waals surface area (Å²) in [6.07, 6.45) is 5.65. The lowest BCUT2D eigenvalue weighted by Crippen LogP contribution is -2.52. The summed E-state index contributed by atoms with van der Waals surface area (Å²) in [6, 6.07) is 22.9. The second kappa shape index (κ2) is 8.28. The van der Waals surface area contributed by atoms with Crippen LogP contribution < -0.4 is 5.32 Å². The van der Waals surface area contributed by atoms with Crippen molar-refractivity contribution in [1.82, 2.24) is 14.8 Å². The van der Waals surface area contributed by atoms with E-state index in [1.54, 1.807) is 0 Å². The number of para-hydroxylation sites is 1. The predicted octanol–water partition coefficient (Wildman–Crippen LogP) is 4.68. The van der Waals surface area contributed by atoms with E-state index in [0.29, 0.717) is 0 Å². The monoisotopic (exact) mass is 398 g/mol. The maximum atomic E-state index is 13.2. The molecule has 0 radical (unpaired) electrons. The number of hydrogen-bond donors (Lipinski definition) is 1. The molecule has 152 valence electrons. The van der Waals surface area contributed by atoms with Gasteiger partial charge in [0.15, 0.2) is 0 Å². The Labute approximate surface area is 177 Å². The van der Waals surface area contributed by atoms with E-state index in [2.05, 4.69) is 68.6 Å². The molecule has 0 bridgehead atoms. The zero-order valence-corrected chi connectivity index (χ0v) is 16.9. The Balaban J connectivity index is 1.38. The summed E-state index contributed by atoms with van der Waals surface area (Å²) in [5, 5.41) is 3.12. The Morgan fingerprint density at radius 2 is 1.60 bits per heavy atom. The minimum atomic E-state index is -0.0482. The number of nitrogens with zero attached hydrogens (tertiary/aromatic N) is 3. The van der Waals surface area contributed by atoms with E-state index in [1.807, 2.05) is 30.6 Å². The van der Waals surface area contributed by atoms with Crippen molar-refractivity contribution in [2.24, 2.45) is 0 Å². The van der Waals surface area contributed by atoms with Gasteiger partial charge < -0.3 is 10.2 Å². The van der Waals surface area contributed by atoms with Crippen LogP contribution in [0.15, 0.2) is 79.1 Å².